The van der Waals surface area contributed by atoms with Gasteiger partial charge in [-0.05, 0) is 49.1 Å². The summed E-state index contributed by atoms with van der Waals surface area (Å²) in [6.07, 6.45) is 7.35. The Morgan fingerprint density at radius 2 is 2.05 bits per heavy atom. The van der Waals surface area contributed by atoms with Crippen LogP contribution in [0, 0.1) is 6.92 Å². The molecule has 194 valence electrons. The molecule has 2 atom stereocenters. The minimum atomic E-state index is -3.37. The van der Waals surface area contributed by atoms with Crippen molar-refractivity contribution in [2.45, 2.75) is 43.3 Å². The van der Waals surface area contributed by atoms with Crippen LogP contribution in [0.4, 0.5) is 0 Å². The number of fused-ring (bicyclic) bond motifs is 1. The number of sulfone groups is 1. The maximum absolute atomic E-state index is 12.1. The van der Waals surface area contributed by atoms with Gasteiger partial charge in [-0.25, -0.2) is 13.2 Å². The Hall–Kier alpha value is -3.63. The summed E-state index contributed by atoms with van der Waals surface area (Å²) in [6, 6.07) is 10.9. The van der Waals surface area contributed by atoms with E-state index in [1.54, 1.807) is 30.1 Å². The van der Waals surface area contributed by atoms with Crippen molar-refractivity contribution >= 4 is 26.7 Å². The Morgan fingerprint density at radius 1 is 1.27 bits per heavy atom. The molecule has 4 aromatic rings. The number of aromatic nitrogens is 3. The summed E-state index contributed by atoms with van der Waals surface area (Å²) >= 11 is 0. The lowest BCUT2D eigenvalue weighted by Gasteiger charge is -2.40. The monoisotopic (exact) mass is 522 g/mol. The van der Waals surface area contributed by atoms with E-state index in [9.17, 15) is 18.3 Å². The largest absolute Gasteiger partial charge is 0.496 e. The first-order valence-electron chi connectivity index (χ1n) is 12.1. The van der Waals surface area contributed by atoms with Crippen LogP contribution < -0.4 is 4.74 Å². The quantitative estimate of drug-likeness (QED) is 0.370. The van der Waals surface area contributed by atoms with Crippen LogP contribution in [0.2, 0.25) is 0 Å². The van der Waals surface area contributed by atoms with E-state index in [0.29, 0.717) is 19.5 Å². The van der Waals surface area contributed by atoms with Gasteiger partial charge in [0.2, 0.25) is 0 Å². The highest BCUT2D eigenvalue weighted by molar-refractivity contribution is 7.90. The molecule has 0 spiro atoms. The average Bonchev–Trinajstić information content (AvgIpc) is 3.56. The molecular formula is C27H30N4O5S. The highest BCUT2D eigenvalue weighted by Crippen LogP contribution is 2.41. The van der Waals surface area contributed by atoms with E-state index in [0.717, 1.165) is 39.8 Å². The topological polar surface area (TPSA) is 118 Å². The highest BCUT2D eigenvalue weighted by Gasteiger charge is 2.34. The Balaban J connectivity index is 1.55. The molecular weight excluding hydrogens is 492 g/mol. The number of hydrogen-bond acceptors (Lipinski definition) is 6. The molecule has 0 bridgehead atoms. The van der Waals surface area contributed by atoms with Crippen LogP contribution in [-0.4, -0.2) is 59.1 Å². The maximum Gasteiger partial charge on any atom is 0.336 e. The van der Waals surface area contributed by atoms with Crippen molar-refractivity contribution in [2.24, 2.45) is 0 Å². The predicted molar refractivity (Wildman–Crippen MR) is 140 cm³/mol. The van der Waals surface area contributed by atoms with Gasteiger partial charge in [0, 0.05) is 54.2 Å². The number of aromatic amines is 1. The van der Waals surface area contributed by atoms with E-state index in [2.05, 4.69) is 15.0 Å². The number of aryl methyl sites for hydroxylation is 1. The molecule has 1 aliphatic rings. The number of rotatable bonds is 7. The standard InChI is InChI=1S/C27H30N4O5S/c1-17-12-25(36-2)23(21-8-10-28-26(17)21)16-30-11-9-18(31-15-19(14-29-31)37(3,34)35)13-24(30)20-6-4-5-7-22(20)27(32)33/h4-8,10,12,14-15,18,24,28H,9,11,13,16H2,1-3H3,(H,32,33)/t18-,24-/m0/s1. The molecule has 1 saturated heterocycles. The summed E-state index contributed by atoms with van der Waals surface area (Å²) in [5.74, 6) is -0.182. The number of nitrogens with zero attached hydrogens (tertiary/aromatic N) is 3. The van der Waals surface area contributed by atoms with Gasteiger partial charge in [0.15, 0.2) is 9.84 Å². The number of methoxy groups -OCH3 is 1. The second-order valence-corrected chi connectivity index (χ2v) is 11.6. The number of carboxylic acids is 1. The molecule has 0 aliphatic carbocycles. The molecule has 0 unspecified atom stereocenters. The highest BCUT2D eigenvalue weighted by atomic mass is 32.2. The molecule has 5 rings (SSSR count). The third-order valence-corrected chi connectivity index (χ3v) is 8.38. The molecule has 2 aromatic carbocycles. The van der Waals surface area contributed by atoms with Crippen molar-refractivity contribution in [1.82, 2.24) is 19.7 Å². The summed E-state index contributed by atoms with van der Waals surface area (Å²) in [5.41, 5.74) is 4.18. The SMILES string of the molecule is COc1cc(C)c2[nH]ccc2c1CN1CC[C@H](n2cc(S(C)(=O)=O)cn2)C[C@H]1c1ccccc1C(=O)O. The number of benzene rings is 2. The normalized spacial score (nSPS) is 18.8. The Labute approximate surface area is 215 Å². The summed E-state index contributed by atoms with van der Waals surface area (Å²) in [7, 11) is -1.71. The van der Waals surface area contributed by atoms with E-state index >= 15 is 0 Å². The molecule has 0 saturated carbocycles. The van der Waals surface area contributed by atoms with Gasteiger partial charge in [-0.2, -0.15) is 5.10 Å². The number of carboxylic acid groups (broad SMARTS) is 1. The van der Waals surface area contributed by atoms with E-state index in [1.165, 1.54) is 12.5 Å². The van der Waals surface area contributed by atoms with E-state index in [-0.39, 0.29) is 22.5 Å². The molecule has 37 heavy (non-hydrogen) atoms. The zero-order valence-corrected chi connectivity index (χ0v) is 21.8. The number of likely N-dealkylation sites (tertiary alicyclic amines) is 1. The van der Waals surface area contributed by atoms with Crippen LogP contribution in [0.25, 0.3) is 10.9 Å². The molecule has 3 heterocycles. The fourth-order valence-electron chi connectivity index (χ4n) is 5.43. The molecule has 1 aliphatic heterocycles. The fourth-order valence-corrected chi connectivity index (χ4v) is 5.96. The summed E-state index contributed by atoms with van der Waals surface area (Å²) in [6.45, 7) is 3.27. The Kier molecular flexibility index (Phi) is 6.55. The number of hydrogen-bond donors (Lipinski definition) is 2. The smallest absolute Gasteiger partial charge is 0.336 e. The minimum Gasteiger partial charge on any atom is -0.496 e. The molecule has 2 aromatic heterocycles. The summed E-state index contributed by atoms with van der Waals surface area (Å²) < 4.78 is 31.5. The van der Waals surface area contributed by atoms with Gasteiger partial charge in [-0.1, -0.05) is 18.2 Å². The second-order valence-electron chi connectivity index (χ2n) is 9.63. The van der Waals surface area contributed by atoms with E-state index in [4.69, 9.17) is 4.74 Å². The third kappa shape index (κ3) is 4.74. The van der Waals surface area contributed by atoms with Crippen LogP contribution >= 0.6 is 0 Å². The first-order chi connectivity index (χ1) is 17.7. The summed E-state index contributed by atoms with van der Waals surface area (Å²) in [4.78, 5) is 17.9. The number of aromatic carboxylic acids is 1. The number of nitrogens with one attached hydrogen (secondary N) is 1. The maximum atomic E-state index is 12.1. The van der Waals surface area contributed by atoms with Crippen molar-refractivity contribution in [3.05, 3.63) is 77.2 Å². The van der Waals surface area contributed by atoms with Crippen LogP contribution in [0.15, 0.2) is 59.9 Å². The number of ether oxygens (including phenoxy) is 1. The second kappa shape index (κ2) is 9.68. The Morgan fingerprint density at radius 3 is 2.76 bits per heavy atom. The van der Waals surface area contributed by atoms with Crippen LogP contribution in [0.3, 0.4) is 0 Å². The van der Waals surface area contributed by atoms with E-state index in [1.807, 2.05) is 37.4 Å². The number of piperidine rings is 1. The van der Waals surface area contributed by atoms with Crippen molar-refractivity contribution in [3.63, 3.8) is 0 Å². The van der Waals surface area contributed by atoms with Gasteiger partial charge in [-0.15, -0.1) is 0 Å². The van der Waals surface area contributed by atoms with Crippen LogP contribution in [0.1, 0.15) is 52.0 Å². The van der Waals surface area contributed by atoms with Crippen LogP contribution in [-0.2, 0) is 16.4 Å². The predicted octanol–water partition coefficient (Wildman–Crippen LogP) is 4.36. The molecule has 0 amide bonds. The molecule has 1 fully saturated rings. The van der Waals surface area contributed by atoms with Gasteiger partial charge >= 0.3 is 5.97 Å². The van der Waals surface area contributed by atoms with Crippen molar-refractivity contribution in [3.8, 4) is 5.75 Å². The fraction of sp³-hybridized carbons (Fsp3) is 0.333. The molecule has 10 heteroatoms. The number of H-pyrrole nitrogens is 1. The van der Waals surface area contributed by atoms with Crippen LogP contribution in [0.5, 0.6) is 5.75 Å². The van der Waals surface area contributed by atoms with E-state index < -0.39 is 15.8 Å². The lowest BCUT2D eigenvalue weighted by atomic mass is 9.88. The van der Waals surface area contributed by atoms with Gasteiger partial charge in [0.05, 0.1) is 24.9 Å². The molecule has 2 N–H and O–H groups in total. The summed E-state index contributed by atoms with van der Waals surface area (Å²) in [5, 5.41) is 15.4. The first kappa shape index (κ1) is 25.0. The lowest BCUT2D eigenvalue weighted by molar-refractivity contribution is 0.0682. The number of carbonyl (C=O) groups is 1. The molecule has 0 radical (unpaired) electrons. The van der Waals surface area contributed by atoms with Crippen molar-refractivity contribution in [2.75, 3.05) is 19.9 Å². The third-order valence-electron chi connectivity index (χ3n) is 7.31. The first-order valence-corrected chi connectivity index (χ1v) is 14.0. The minimum absolute atomic E-state index is 0.0780. The van der Waals surface area contributed by atoms with Crippen molar-refractivity contribution < 1.29 is 23.1 Å². The van der Waals surface area contributed by atoms with Gasteiger partial charge in [-0.3, -0.25) is 9.58 Å². The van der Waals surface area contributed by atoms with Gasteiger partial charge in [0.1, 0.15) is 10.6 Å². The average molecular weight is 523 g/mol. The van der Waals surface area contributed by atoms with Crippen molar-refractivity contribution in [1.29, 1.82) is 0 Å². The van der Waals surface area contributed by atoms with Gasteiger partial charge < -0.3 is 14.8 Å². The Bertz CT molecular complexity index is 1570. The zero-order chi connectivity index (χ0) is 26.3. The van der Waals surface area contributed by atoms with Gasteiger partial charge in [0.25, 0.3) is 0 Å². The lowest BCUT2D eigenvalue weighted by Crippen LogP contribution is -2.38. The molecule has 9 nitrogen and oxygen atoms in total. The zero-order valence-electron chi connectivity index (χ0n) is 21.0.